The molecule has 0 aliphatic heterocycles. The van der Waals surface area contributed by atoms with Gasteiger partial charge in [0, 0.05) is 33.6 Å². The second-order valence-electron chi connectivity index (χ2n) is 13.9. The summed E-state index contributed by atoms with van der Waals surface area (Å²) in [6, 6.07) is 0. The Morgan fingerprint density at radius 3 is 1.23 bits per heavy atom. The molecule has 282 valence electrons. The molecule has 0 bridgehead atoms. The number of unbranched alkanes of at least 4 members (excludes halogenated alkanes) is 15. The molecule has 10 nitrogen and oxygen atoms in total. The van der Waals surface area contributed by atoms with E-state index in [2.05, 4.69) is 0 Å². The molecule has 0 aromatic heterocycles. The normalized spacial score (nSPS) is 12.9. The summed E-state index contributed by atoms with van der Waals surface area (Å²) in [5.74, 6) is -1.48. The first-order chi connectivity index (χ1) is 22.9. The maximum atomic E-state index is 12.6. The third-order valence-corrected chi connectivity index (χ3v) is 10.0. The van der Waals surface area contributed by atoms with E-state index in [-0.39, 0.29) is 43.7 Å². The zero-order valence-corrected chi connectivity index (χ0v) is 31.6. The van der Waals surface area contributed by atoms with Gasteiger partial charge in [0.1, 0.15) is 13.2 Å². The van der Waals surface area contributed by atoms with Crippen molar-refractivity contribution in [3.05, 3.63) is 0 Å². The van der Waals surface area contributed by atoms with Gasteiger partial charge in [-0.25, -0.2) is 0 Å². The van der Waals surface area contributed by atoms with E-state index in [1.54, 1.807) is 16.8 Å². The minimum atomic E-state index is -0.712. The topological polar surface area (TPSA) is 134 Å². The van der Waals surface area contributed by atoms with E-state index in [1.807, 2.05) is 34.7 Å². The van der Waals surface area contributed by atoms with Gasteiger partial charge in [0.05, 0.1) is 17.6 Å². The van der Waals surface area contributed by atoms with Crippen LogP contribution in [0.1, 0.15) is 163 Å². The van der Waals surface area contributed by atoms with Gasteiger partial charge >= 0.3 is 11.9 Å². The van der Waals surface area contributed by atoms with Crippen LogP contribution < -0.4 is 0 Å². The molecule has 0 aliphatic carbocycles. The quantitative estimate of drug-likeness (QED) is 0.0663. The number of carbonyl (C=O) groups is 4. The third kappa shape index (κ3) is 22.4. The minimum Gasteiger partial charge on any atom is -0.481 e. The van der Waals surface area contributed by atoms with Crippen LogP contribution in [0.5, 0.6) is 0 Å². The molecule has 0 rings (SSSR count). The zero-order valence-electron chi connectivity index (χ0n) is 31.6. The van der Waals surface area contributed by atoms with Gasteiger partial charge in [-0.2, -0.15) is 0 Å². The van der Waals surface area contributed by atoms with Crippen molar-refractivity contribution in [1.82, 2.24) is 9.80 Å². The molecule has 0 saturated carbocycles. The number of rotatable bonds is 33. The van der Waals surface area contributed by atoms with Crippen LogP contribution in [0.25, 0.3) is 0 Å². The molecule has 2 atom stereocenters. The molecular weight excluding hydrogens is 612 g/mol. The number of carboxylic acids is 2. The number of ether oxygens (including phenoxy) is 2. The molecule has 0 spiro atoms. The van der Waals surface area contributed by atoms with Crippen molar-refractivity contribution in [2.45, 2.75) is 175 Å². The van der Waals surface area contributed by atoms with Crippen molar-refractivity contribution in [3.8, 4) is 0 Å². The molecule has 0 radical (unpaired) electrons. The number of likely N-dealkylation sites (N-methyl/N-ethyl adjacent to an activating group) is 2. The number of amides is 2. The fourth-order valence-electron chi connectivity index (χ4n) is 5.89. The summed E-state index contributed by atoms with van der Waals surface area (Å²) in [4.78, 5) is 50.6. The van der Waals surface area contributed by atoms with E-state index >= 15 is 0 Å². The van der Waals surface area contributed by atoms with Gasteiger partial charge in [-0.1, -0.05) is 104 Å². The molecule has 2 N–H and O–H groups in total. The highest BCUT2D eigenvalue weighted by molar-refractivity contribution is 5.77. The van der Waals surface area contributed by atoms with Crippen LogP contribution in [-0.4, -0.2) is 96.4 Å². The predicted octanol–water partition coefficient (Wildman–Crippen LogP) is 8.10. The molecule has 0 fully saturated rings. The molecule has 0 aromatic carbocycles. The number of hydrogen-bond acceptors (Lipinski definition) is 6. The lowest BCUT2D eigenvalue weighted by molar-refractivity contribution is -0.150. The van der Waals surface area contributed by atoms with E-state index in [9.17, 15) is 24.3 Å². The van der Waals surface area contributed by atoms with E-state index in [0.29, 0.717) is 25.9 Å². The first-order valence-electron chi connectivity index (χ1n) is 19.1. The van der Waals surface area contributed by atoms with Crippen LogP contribution in [-0.2, 0) is 28.7 Å². The lowest BCUT2D eigenvalue weighted by Crippen LogP contribution is -2.37. The summed E-state index contributed by atoms with van der Waals surface area (Å²) < 4.78 is 11.5. The Kier molecular flexibility index (Phi) is 27.3. The van der Waals surface area contributed by atoms with Crippen molar-refractivity contribution in [2.24, 2.45) is 5.41 Å². The third-order valence-electron chi connectivity index (χ3n) is 10.0. The van der Waals surface area contributed by atoms with E-state index in [1.165, 1.54) is 25.7 Å². The highest BCUT2D eigenvalue weighted by Crippen LogP contribution is 2.33. The Morgan fingerprint density at radius 1 is 0.562 bits per heavy atom. The Morgan fingerprint density at radius 2 is 0.896 bits per heavy atom. The summed E-state index contributed by atoms with van der Waals surface area (Å²) >= 11 is 0. The minimum absolute atomic E-state index is 0.00969. The van der Waals surface area contributed by atoms with Gasteiger partial charge in [0.15, 0.2) is 0 Å². The first-order valence-corrected chi connectivity index (χ1v) is 19.1. The Hall–Kier alpha value is -2.20. The average Bonchev–Trinajstić information content (AvgIpc) is 3.06. The monoisotopic (exact) mass is 685 g/mol. The largest absolute Gasteiger partial charge is 0.481 e. The van der Waals surface area contributed by atoms with E-state index < -0.39 is 17.4 Å². The summed E-state index contributed by atoms with van der Waals surface area (Å²) in [7, 11) is 3.61. The molecule has 0 aromatic rings. The molecule has 10 heteroatoms. The zero-order chi connectivity index (χ0) is 36.2. The molecule has 0 unspecified atom stereocenters. The number of nitrogens with zero attached hydrogens (tertiary/aromatic N) is 2. The number of aliphatic carboxylic acids is 2. The second kappa shape index (κ2) is 28.6. The Labute approximate surface area is 292 Å². The van der Waals surface area contributed by atoms with Gasteiger partial charge in [-0.05, 0) is 52.4 Å². The molecular formula is C38H72N2O8. The van der Waals surface area contributed by atoms with Crippen molar-refractivity contribution in [3.63, 3.8) is 0 Å². The van der Waals surface area contributed by atoms with E-state index in [0.717, 1.165) is 89.9 Å². The van der Waals surface area contributed by atoms with Gasteiger partial charge in [-0.3, -0.25) is 19.2 Å². The standard InChI is InChI=1S/C38H72N2O8/c1-7-38(8-2,37(45)46)27-23-19-15-11-13-17-21-25-29-40(6)35(42)31-48-33(4)32(3)47-30-34(41)39(5)28-24-20-16-12-9-10-14-18-22-26-36(43)44/h32-33H,7-31H2,1-6H3,(H,43,44)(H,45,46)/t32-,33-/m1/s1. The van der Waals surface area contributed by atoms with Crippen molar-refractivity contribution < 1.29 is 38.9 Å². The van der Waals surface area contributed by atoms with Crippen molar-refractivity contribution in [1.29, 1.82) is 0 Å². The van der Waals surface area contributed by atoms with Gasteiger partial charge in [-0.15, -0.1) is 0 Å². The van der Waals surface area contributed by atoms with Crippen LogP contribution in [0.4, 0.5) is 0 Å². The lowest BCUT2D eigenvalue weighted by atomic mass is 9.78. The summed E-state index contributed by atoms with van der Waals surface area (Å²) in [6.07, 6.45) is 20.1. The molecule has 0 heterocycles. The predicted molar refractivity (Wildman–Crippen MR) is 192 cm³/mol. The molecule has 0 aliphatic rings. The highest BCUT2D eigenvalue weighted by atomic mass is 16.5. The SMILES string of the molecule is CCC(CC)(CCCCCCCCCCN(C)C(=O)CO[C@H](C)[C@@H](C)OCC(=O)N(C)CCCCCCCCCCCC(=O)O)C(=O)O. The van der Waals surface area contributed by atoms with Crippen molar-refractivity contribution in [2.75, 3.05) is 40.4 Å². The van der Waals surface area contributed by atoms with Gasteiger partial charge in [0.2, 0.25) is 11.8 Å². The molecule has 0 saturated heterocycles. The Bertz CT molecular complexity index is 864. The smallest absolute Gasteiger partial charge is 0.309 e. The fraction of sp³-hybridized carbons (Fsp3) is 0.895. The van der Waals surface area contributed by atoms with E-state index in [4.69, 9.17) is 14.6 Å². The molecule has 48 heavy (non-hydrogen) atoms. The maximum Gasteiger partial charge on any atom is 0.309 e. The second-order valence-corrected chi connectivity index (χ2v) is 13.9. The van der Waals surface area contributed by atoms with Gasteiger partial charge < -0.3 is 29.5 Å². The van der Waals surface area contributed by atoms with Crippen LogP contribution >= 0.6 is 0 Å². The summed E-state index contributed by atoms with van der Waals surface area (Å²) in [5.41, 5.74) is -0.549. The fourth-order valence-corrected chi connectivity index (χ4v) is 5.89. The van der Waals surface area contributed by atoms with Crippen LogP contribution in [0.15, 0.2) is 0 Å². The number of carbonyl (C=O) groups excluding carboxylic acids is 2. The van der Waals surface area contributed by atoms with Gasteiger partial charge in [0.25, 0.3) is 0 Å². The average molecular weight is 685 g/mol. The highest BCUT2D eigenvalue weighted by Gasteiger charge is 2.33. The Balaban J connectivity index is 3.87. The summed E-state index contributed by atoms with van der Waals surface area (Å²) in [6.45, 7) is 9.05. The number of carboxylic acid groups (broad SMARTS) is 2. The van der Waals surface area contributed by atoms with Crippen LogP contribution in [0.3, 0.4) is 0 Å². The summed E-state index contributed by atoms with van der Waals surface area (Å²) in [5, 5.41) is 18.2. The lowest BCUT2D eigenvalue weighted by Gasteiger charge is -2.26. The first kappa shape index (κ1) is 45.8. The van der Waals surface area contributed by atoms with Crippen LogP contribution in [0, 0.1) is 5.41 Å². The van der Waals surface area contributed by atoms with Crippen molar-refractivity contribution >= 4 is 23.8 Å². The maximum absolute atomic E-state index is 12.6. The molecule has 2 amide bonds. The van der Waals surface area contributed by atoms with Crippen LogP contribution in [0.2, 0.25) is 0 Å². The number of hydrogen-bond donors (Lipinski definition) is 2.